The Morgan fingerprint density at radius 2 is 1.61 bits per heavy atom. The van der Waals surface area contributed by atoms with Gasteiger partial charge in [-0.3, -0.25) is 14.8 Å². The Balaban J connectivity index is 1.40. The molecule has 182 valence electrons. The minimum atomic E-state index is -0.717. The summed E-state index contributed by atoms with van der Waals surface area (Å²) >= 11 is 1.50. The smallest absolute Gasteiger partial charge is 0.274 e. The molecule has 8 heteroatoms. The third-order valence-electron chi connectivity index (χ3n) is 6.48. The number of hydroxylamine groups is 1. The quantitative estimate of drug-likeness (QED) is 0.208. The van der Waals surface area contributed by atoms with E-state index in [1.54, 1.807) is 29.7 Å². The molecule has 4 aromatic rings. The second-order valence-corrected chi connectivity index (χ2v) is 9.57. The molecule has 1 aromatic heterocycles. The van der Waals surface area contributed by atoms with E-state index in [0.717, 1.165) is 47.7 Å². The van der Waals surface area contributed by atoms with E-state index in [0.29, 0.717) is 17.0 Å². The number of aromatic nitrogens is 1. The first-order valence-electron chi connectivity index (χ1n) is 11.7. The van der Waals surface area contributed by atoms with Crippen molar-refractivity contribution in [2.75, 3.05) is 5.32 Å². The predicted octanol–water partition coefficient (Wildman–Crippen LogP) is 6.17. The van der Waals surface area contributed by atoms with E-state index < -0.39 is 11.3 Å². The Hall–Kier alpha value is -4.01. The largest absolute Gasteiger partial charge is 0.457 e. The average Bonchev–Trinajstić information content (AvgIpc) is 3.61. The van der Waals surface area contributed by atoms with Crippen molar-refractivity contribution in [1.29, 1.82) is 0 Å². The average molecular weight is 500 g/mol. The van der Waals surface area contributed by atoms with Gasteiger partial charge in [0.15, 0.2) is 0 Å². The summed E-state index contributed by atoms with van der Waals surface area (Å²) in [5.74, 6) is 0.745. The van der Waals surface area contributed by atoms with Gasteiger partial charge in [-0.2, -0.15) is 0 Å². The molecule has 0 atom stereocenters. The number of carbonyl (C=O) groups excluding carboxylic acids is 2. The fraction of sp³-hybridized carbons (Fsp3) is 0.179. The lowest BCUT2D eigenvalue weighted by molar-refractivity contribution is -0.121. The van der Waals surface area contributed by atoms with Gasteiger partial charge < -0.3 is 10.1 Å². The first-order chi connectivity index (χ1) is 17.6. The zero-order valence-corrected chi connectivity index (χ0v) is 20.3. The maximum atomic E-state index is 13.6. The van der Waals surface area contributed by atoms with Crippen molar-refractivity contribution in [3.05, 3.63) is 95.5 Å². The van der Waals surface area contributed by atoms with Gasteiger partial charge in [0.25, 0.3) is 5.91 Å². The van der Waals surface area contributed by atoms with E-state index in [4.69, 9.17) is 14.9 Å². The van der Waals surface area contributed by atoms with Crippen LogP contribution in [0.1, 0.15) is 41.7 Å². The van der Waals surface area contributed by atoms with Gasteiger partial charge in [-0.15, -0.1) is 11.3 Å². The topological polar surface area (TPSA) is 101 Å². The second kappa shape index (κ2) is 10.3. The summed E-state index contributed by atoms with van der Waals surface area (Å²) in [7, 11) is 0. The van der Waals surface area contributed by atoms with Gasteiger partial charge in [0.1, 0.15) is 16.5 Å². The van der Waals surface area contributed by atoms with Gasteiger partial charge in [0, 0.05) is 16.6 Å². The van der Waals surface area contributed by atoms with E-state index >= 15 is 0 Å². The molecule has 0 spiro atoms. The van der Waals surface area contributed by atoms with Crippen molar-refractivity contribution < 1.29 is 19.5 Å². The predicted molar refractivity (Wildman–Crippen MR) is 139 cm³/mol. The standard InChI is InChI=1S/C28H25N3O4S/c32-25(31-34)19-12-14-20(15-13-19)29-27(33)28(16-6-7-17-28)24-18-36-26(30-24)22-10-4-5-11-23(22)35-21-8-2-1-3-9-21/h1-5,8-15,18,34H,6-7,16-17H2,(H,29,33)(H,31,32). The van der Waals surface area contributed by atoms with Crippen molar-refractivity contribution in [2.24, 2.45) is 0 Å². The van der Waals surface area contributed by atoms with Crippen molar-refractivity contribution in [1.82, 2.24) is 10.5 Å². The molecule has 1 heterocycles. The SMILES string of the molecule is O=C(NO)c1ccc(NC(=O)C2(c3csc(-c4ccccc4Oc4ccccc4)n3)CCCC2)cc1. The van der Waals surface area contributed by atoms with Gasteiger partial charge in [-0.25, -0.2) is 10.5 Å². The monoisotopic (exact) mass is 499 g/mol. The summed E-state index contributed by atoms with van der Waals surface area (Å²) < 4.78 is 6.13. The van der Waals surface area contributed by atoms with Gasteiger partial charge in [0.2, 0.25) is 5.91 Å². The third-order valence-corrected chi connectivity index (χ3v) is 7.36. The van der Waals surface area contributed by atoms with E-state index in [1.807, 2.05) is 60.0 Å². The molecule has 7 nitrogen and oxygen atoms in total. The van der Waals surface area contributed by atoms with E-state index in [-0.39, 0.29) is 5.91 Å². The zero-order valence-electron chi connectivity index (χ0n) is 19.4. The Morgan fingerprint density at radius 3 is 2.33 bits per heavy atom. The molecular formula is C28H25N3O4S. The molecule has 0 aliphatic heterocycles. The van der Waals surface area contributed by atoms with Crippen LogP contribution < -0.4 is 15.5 Å². The van der Waals surface area contributed by atoms with Gasteiger partial charge in [-0.1, -0.05) is 43.2 Å². The Kier molecular flexibility index (Phi) is 6.79. The van der Waals surface area contributed by atoms with Crippen LogP contribution >= 0.6 is 11.3 Å². The highest BCUT2D eigenvalue weighted by Gasteiger charge is 2.44. The first-order valence-corrected chi connectivity index (χ1v) is 12.6. The lowest BCUT2D eigenvalue weighted by atomic mass is 9.82. The second-order valence-electron chi connectivity index (χ2n) is 8.71. The molecule has 5 rings (SSSR count). The molecule has 3 aromatic carbocycles. The van der Waals surface area contributed by atoms with E-state index in [2.05, 4.69) is 5.32 Å². The van der Waals surface area contributed by atoms with Gasteiger partial charge in [0.05, 0.1) is 16.7 Å². The van der Waals surface area contributed by atoms with Crippen LogP contribution in [-0.2, 0) is 10.2 Å². The molecule has 0 saturated heterocycles. The van der Waals surface area contributed by atoms with Crippen LogP contribution in [0.15, 0.2) is 84.2 Å². The molecule has 2 amide bonds. The molecule has 1 aliphatic carbocycles. The van der Waals surface area contributed by atoms with Crippen LogP contribution in [0.2, 0.25) is 0 Å². The highest BCUT2D eigenvalue weighted by Crippen LogP contribution is 2.44. The summed E-state index contributed by atoms with van der Waals surface area (Å²) in [5, 5.41) is 14.6. The van der Waals surface area contributed by atoms with Crippen LogP contribution in [0.25, 0.3) is 10.6 Å². The summed E-state index contributed by atoms with van der Waals surface area (Å²) in [6, 6.07) is 23.8. The fourth-order valence-electron chi connectivity index (χ4n) is 4.56. The number of amides is 2. The highest BCUT2D eigenvalue weighted by molar-refractivity contribution is 7.13. The highest BCUT2D eigenvalue weighted by atomic mass is 32.1. The molecule has 0 radical (unpaired) electrons. The number of nitrogens with zero attached hydrogens (tertiary/aromatic N) is 1. The van der Waals surface area contributed by atoms with Crippen LogP contribution in [0.4, 0.5) is 5.69 Å². The minimum absolute atomic E-state index is 0.106. The van der Waals surface area contributed by atoms with Crippen molar-refractivity contribution in [2.45, 2.75) is 31.1 Å². The van der Waals surface area contributed by atoms with Crippen LogP contribution in [0, 0.1) is 0 Å². The first kappa shape index (κ1) is 23.7. The summed E-state index contributed by atoms with van der Waals surface area (Å²) in [5.41, 5.74) is 3.41. The Labute approximate surface area is 212 Å². The number of rotatable bonds is 7. The summed E-state index contributed by atoms with van der Waals surface area (Å²) in [6.07, 6.45) is 3.33. The number of hydrogen-bond donors (Lipinski definition) is 3. The van der Waals surface area contributed by atoms with E-state index in [1.165, 1.54) is 11.3 Å². The number of anilines is 1. The molecule has 0 bridgehead atoms. The number of nitrogens with one attached hydrogen (secondary N) is 2. The van der Waals surface area contributed by atoms with Crippen LogP contribution in [0.5, 0.6) is 11.5 Å². The summed E-state index contributed by atoms with van der Waals surface area (Å²) in [4.78, 5) is 30.1. The molecule has 1 saturated carbocycles. The lowest BCUT2D eigenvalue weighted by Gasteiger charge is -2.26. The maximum absolute atomic E-state index is 13.6. The Morgan fingerprint density at radius 1 is 0.917 bits per heavy atom. The molecular weight excluding hydrogens is 474 g/mol. The number of hydrogen-bond acceptors (Lipinski definition) is 6. The molecule has 1 aliphatic rings. The molecule has 3 N–H and O–H groups in total. The Bertz CT molecular complexity index is 1360. The molecule has 36 heavy (non-hydrogen) atoms. The van der Waals surface area contributed by atoms with Crippen molar-refractivity contribution >= 4 is 28.8 Å². The summed E-state index contributed by atoms with van der Waals surface area (Å²) in [6.45, 7) is 0. The number of para-hydroxylation sites is 2. The number of thiazole rings is 1. The zero-order chi connectivity index (χ0) is 25.0. The third kappa shape index (κ3) is 4.73. The lowest BCUT2D eigenvalue weighted by Crippen LogP contribution is -2.38. The molecule has 1 fully saturated rings. The maximum Gasteiger partial charge on any atom is 0.274 e. The van der Waals surface area contributed by atoms with Crippen LogP contribution in [-0.4, -0.2) is 22.0 Å². The minimum Gasteiger partial charge on any atom is -0.457 e. The fourth-order valence-corrected chi connectivity index (χ4v) is 5.51. The van der Waals surface area contributed by atoms with E-state index in [9.17, 15) is 9.59 Å². The normalized spacial score (nSPS) is 14.2. The number of ether oxygens (including phenoxy) is 1. The van der Waals surface area contributed by atoms with Gasteiger partial charge in [-0.05, 0) is 61.4 Å². The van der Waals surface area contributed by atoms with Gasteiger partial charge >= 0.3 is 0 Å². The molecule has 0 unspecified atom stereocenters. The number of benzene rings is 3. The van der Waals surface area contributed by atoms with Crippen molar-refractivity contribution in [3.63, 3.8) is 0 Å². The van der Waals surface area contributed by atoms with Crippen molar-refractivity contribution in [3.8, 4) is 22.1 Å². The number of carbonyl (C=O) groups is 2. The van der Waals surface area contributed by atoms with Crippen LogP contribution in [0.3, 0.4) is 0 Å².